The fourth-order valence-corrected chi connectivity index (χ4v) is 2.34. The molecular weight excluding hydrogens is 252 g/mol. The largest absolute Gasteiger partial charge is 0.481 e. The molecule has 1 heterocycles. The third-order valence-electron chi connectivity index (χ3n) is 3.48. The maximum absolute atomic E-state index is 10.8. The molecule has 108 valence electrons. The monoisotopic (exact) mass is 274 g/mol. The number of carboxylic acid groups (broad SMARTS) is 1. The first-order chi connectivity index (χ1) is 9.47. The molecule has 0 spiro atoms. The van der Waals surface area contributed by atoms with Crippen LogP contribution < -0.4 is 0 Å². The van der Waals surface area contributed by atoms with Gasteiger partial charge in [0.2, 0.25) is 0 Å². The second kappa shape index (κ2) is 6.07. The van der Waals surface area contributed by atoms with E-state index in [-0.39, 0.29) is 6.42 Å². The molecule has 0 amide bonds. The Kier molecular flexibility index (Phi) is 4.42. The zero-order valence-electron chi connectivity index (χ0n) is 12.4. The summed E-state index contributed by atoms with van der Waals surface area (Å²) in [5, 5.41) is 8.87. The van der Waals surface area contributed by atoms with Crippen molar-refractivity contribution in [1.29, 1.82) is 0 Å². The van der Waals surface area contributed by atoms with Crippen molar-refractivity contribution in [1.82, 2.24) is 9.55 Å². The van der Waals surface area contributed by atoms with Crippen LogP contribution in [-0.4, -0.2) is 20.6 Å². The normalized spacial score (nSPS) is 11.4. The zero-order valence-corrected chi connectivity index (χ0v) is 12.4. The number of aryl methyl sites for hydroxylation is 3. The van der Waals surface area contributed by atoms with Crippen LogP contribution in [0.4, 0.5) is 0 Å². The molecule has 4 heteroatoms. The second-order valence-electron chi connectivity index (χ2n) is 5.75. The van der Waals surface area contributed by atoms with Gasteiger partial charge in [0.05, 0.1) is 17.5 Å². The smallest absolute Gasteiger partial charge is 0.303 e. The molecule has 0 aliphatic heterocycles. The summed E-state index contributed by atoms with van der Waals surface area (Å²) < 4.78 is 2.18. The number of carboxylic acids is 1. The second-order valence-corrected chi connectivity index (χ2v) is 5.75. The van der Waals surface area contributed by atoms with Crippen molar-refractivity contribution in [2.75, 3.05) is 0 Å². The van der Waals surface area contributed by atoms with Crippen molar-refractivity contribution >= 4 is 17.0 Å². The number of hydrogen-bond donors (Lipinski definition) is 1. The van der Waals surface area contributed by atoms with Crippen LogP contribution in [0.5, 0.6) is 0 Å². The van der Waals surface area contributed by atoms with Crippen molar-refractivity contribution in [3.05, 3.63) is 29.6 Å². The van der Waals surface area contributed by atoms with Crippen molar-refractivity contribution in [3.63, 3.8) is 0 Å². The Morgan fingerprint density at radius 3 is 2.80 bits per heavy atom. The molecule has 2 rings (SSSR count). The summed E-state index contributed by atoms with van der Waals surface area (Å²) >= 11 is 0. The molecule has 0 aliphatic rings. The minimum atomic E-state index is -0.774. The number of hydrogen-bond acceptors (Lipinski definition) is 2. The Morgan fingerprint density at radius 1 is 1.40 bits per heavy atom. The predicted molar refractivity (Wildman–Crippen MR) is 79.9 cm³/mol. The van der Waals surface area contributed by atoms with Crippen LogP contribution in [0, 0.1) is 12.8 Å². The van der Waals surface area contributed by atoms with E-state index in [1.165, 1.54) is 5.56 Å². The van der Waals surface area contributed by atoms with Crippen LogP contribution in [0.3, 0.4) is 0 Å². The minimum Gasteiger partial charge on any atom is -0.481 e. The molecular formula is C16H22N2O2. The van der Waals surface area contributed by atoms with Crippen LogP contribution >= 0.6 is 0 Å². The van der Waals surface area contributed by atoms with Crippen molar-refractivity contribution in [2.45, 2.75) is 46.6 Å². The lowest BCUT2D eigenvalue weighted by Crippen LogP contribution is -2.08. The first kappa shape index (κ1) is 14.6. The SMILES string of the molecule is Cc1ccc2c(c1)nc(CCC(=O)O)n2CCC(C)C. The average molecular weight is 274 g/mol. The summed E-state index contributed by atoms with van der Waals surface area (Å²) in [4.78, 5) is 15.4. The molecule has 0 saturated carbocycles. The highest BCUT2D eigenvalue weighted by Gasteiger charge is 2.12. The quantitative estimate of drug-likeness (QED) is 0.878. The third kappa shape index (κ3) is 3.38. The van der Waals surface area contributed by atoms with Gasteiger partial charge >= 0.3 is 5.97 Å². The van der Waals surface area contributed by atoms with Crippen molar-refractivity contribution in [2.24, 2.45) is 5.92 Å². The summed E-state index contributed by atoms with van der Waals surface area (Å²) in [5.41, 5.74) is 3.25. The number of aliphatic carboxylic acids is 1. The number of rotatable bonds is 6. The van der Waals surface area contributed by atoms with Gasteiger partial charge in [0.25, 0.3) is 0 Å². The van der Waals surface area contributed by atoms with Crippen molar-refractivity contribution < 1.29 is 9.90 Å². The molecule has 20 heavy (non-hydrogen) atoms. The molecule has 0 radical (unpaired) electrons. The number of aromatic nitrogens is 2. The molecule has 1 aromatic carbocycles. The molecule has 0 aliphatic carbocycles. The average Bonchev–Trinajstić information content (AvgIpc) is 2.70. The summed E-state index contributed by atoms with van der Waals surface area (Å²) in [6, 6.07) is 6.23. The Bertz CT molecular complexity index is 614. The van der Waals surface area contributed by atoms with Gasteiger partial charge in [0.15, 0.2) is 0 Å². The van der Waals surface area contributed by atoms with Crippen LogP contribution in [0.25, 0.3) is 11.0 Å². The van der Waals surface area contributed by atoms with E-state index in [1.54, 1.807) is 0 Å². The molecule has 0 bridgehead atoms. The lowest BCUT2D eigenvalue weighted by atomic mass is 10.1. The number of benzene rings is 1. The molecule has 4 nitrogen and oxygen atoms in total. The fourth-order valence-electron chi connectivity index (χ4n) is 2.34. The molecule has 1 aromatic heterocycles. The van der Waals surface area contributed by atoms with E-state index in [2.05, 4.69) is 41.6 Å². The van der Waals surface area contributed by atoms with Gasteiger partial charge in [-0.2, -0.15) is 0 Å². The van der Waals surface area contributed by atoms with E-state index < -0.39 is 5.97 Å². The van der Waals surface area contributed by atoms with E-state index in [9.17, 15) is 4.79 Å². The van der Waals surface area contributed by atoms with Gasteiger partial charge in [-0.3, -0.25) is 4.79 Å². The number of fused-ring (bicyclic) bond motifs is 1. The minimum absolute atomic E-state index is 0.129. The maximum Gasteiger partial charge on any atom is 0.303 e. The van der Waals surface area contributed by atoms with E-state index in [4.69, 9.17) is 5.11 Å². The highest BCUT2D eigenvalue weighted by atomic mass is 16.4. The Morgan fingerprint density at radius 2 is 2.15 bits per heavy atom. The third-order valence-corrected chi connectivity index (χ3v) is 3.48. The predicted octanol–water partition coefficient (Wildman–Crippen LogP) is 3.41. The van der Waals surface area contributed by atoms with Gasteiger partial charge in [-0.1, -0.05) is 19.9 Å². The van der Waals surface area contributed by atoms with Gasteiger partial charge in [-0.05, 0) is 37.0 Å². The van der Waals surface area contributed by atoms with Crippen LogP contribution in [0.2, 0.25) is 0 Å². The van der Waals surface area contributed by atoms with Crippen molar-refractivity contribution in [3.8, 4) is 0 Å². The topological polar surface area (TPSA) is 55.1 Å². The molecule has 1 N–H and O–H groups in total. The molecule has 0 atom stereocenters. The standard InChI is InChI=1S/C16H22N2O2/c1-11(2)8-9-18-14-5-4-12(3)10-13(14)17-15(18)6-7-16(19)20/h4-5,10-11H,6-9H2,1-3H3,(H,19,20). The van der Waals surface area contributed by atoms with Gasteiger partial charge in [-0.15, -0.1) is 0 Å². The Labute approximate surface area is 119 Å². The first-order valence-corrected chi connectivity index (χ1v) is 7.15. The summed E-state index contributed by atoms with van der Waals surface area (Å²) in [7, 11) is 0. The van der Waals surface area contributed by atoms with Gasteiger partial charge in [0, 0.05) is 13.0 Å². The fraction of sp³-hybridized carbons (Fsp3) is 0.500. The van der Waals surface area contributed by atoms with E-state index in [1.807, 2.05) is 6.92 Å². The lowest BCUT2D eigenvalue weighted by molar-refractivity contribution is -0.137. The maximum atomic E-state index is 10.8. The number of nitrogens with zero attached hydrogens (tertiary/aromatic N) is 2. The van der Waals surface area contributed by atoms with Crippen LogP contribution in [0.15, 0.2) is 18.2 Å². The van der Waals surface area contributed by atoms with Gasteiger partial charge < -0.3 is 9.67 Å². The highest BCUT2D eigenvalue weighted by molar-refractivity contribution is 5.77. The molecule has 0 fully saturated rings. The van der Waals surface area contributed by atoms with Crippen LogP contribution in [-0.2, 0) is 17.8 Å². The Balaban J connectivity index is 2.36. The Hall–Kier alpha value is -1.84. The first-order valence-electron chi connectivity index (χ1n) is 7.15. The molecule has 2 aromatic rings. The summed E-state index contributed by atoms with van der Waals surface area (Å²) in [6.45, 7) is 7.33. The number of carbonyl (C=O) groups is 1. The summed E-state index contributed by atoms with van der Waals surface area (Å²) in [6.07, 6.45) is 1.69. The molecule has 0 saturated heterocycles. The van der Waals surface area contributed by atoms with Gasteiger partial charge in [0.1, 0.15) is 5.82 Å². The van der Waals surface area contributed by atoms with E-state index >= 15 is 0 Å². The lowest BCUT2D eigenvalue weighted by Gasteiger charge is -2.10. The van der Waals surface area contributed by atoms with Crippen LogP contribution in [0.1, 0.15) is 38.1 Å². The number of imidazole rings is 1. The zero-order chi connectivity index (χ0) is 14.7. The molecule has 0 unspecified atom stereocenters. The van der Waals surface area contributed by atoms with E-state index in [0.717, 1.165) is 29.8 Å². The summed E-state index contributed by atoms with van der Waals surface area (Å²) in [5.74, 6) is 0.725. The highest BCUT2D eigenvalue weighted by Crippen LogP contribution is 2.20. The van der Waals surface area contributed by atoms with Gasteiger partial charge in [-0.25, -0.2) is 4.98 Å². The van der Waals surface area contributed by atoms with E-state index in [0.29, 0.717) is 12.3 Å².